The fraction of sp³-hybridized carbons (Fsp3) is 0.667. The summed E-state index contributed by atoms with van der Waals surface area (Å²) in [4.78, 5) is 7.28. The van der Waals surface area contributed by atoms with Crippen molar-refractivity contribution in [3.63, 3.8) is 0 Å². The number of ether oxygens (including phenoxy) is 1. The maximum atomic E-state index is 5.53. The molecule has 126 valence electrons. The molecular weight excluding hydrogens is 389 g/mol. The zero-order valence-corrected chi connectivity index (χ0v) is 15.8. The van der Waals surface area contributed by atoms with E-state index in [2.05, 4.69) is 43.3 Å². The summed E-state index contributed by atoms with van der Waals surface area (Å²) in [5.41, 5.74) is 1.21. The van der Waals surface area contributed by atoms with Crippen LogP contribution in [0.4, 0.5) is 0 Å². The van der Waals surface area contributed by atoms with Crippen molar-refractivity contribution in [1.82, 2.24) is 15.2 Å². The monoisotopic (exact) mass is 411 g/mol. The van der Waals surface area contributed by atoms with E-state index in [1.54, 1.807) is 0 Å². The number of nitrogens with zero attached hydrogens (tertiary/aromatic N) is 2. The second-order valence-corrected chi connectivity index (χ2v) is 6.50. The summed E-state index contributed by atoms with van der Waals surface area (Å²) in [5.74, 6) is 0.663. The van der Waals surface area contributed by atoms with Crippen molar-refractivity contribution < 1.29 is 4.74 Å². The predicted octanol–water partition coefficient (Wildman–Crippen LogP) is 3.06. The third-order valence-electron chi connectivity index (χ3n) is 4.31. The van der Waals surface area contributed by atoms with E-state index in [0.29, 0.717) is 12.0 Å². The second kappa shape index (κ2) is 10.1. The van der Waals surface area contributed by atoms with Gasteiger partial charge in [-0.25, -0.2) is 0 Å². The molecule has 0 amide bonds. The molecule has 2 aliphatic heterocycles. The van der Waals surface area contributed by atoms with Gasteiger partial charge in [0, 0.05) is 50.1 Å². The van der Waals surface area contributed by atoms with E-state index in [0.717, 1.165) is 56.7 Å². The van der Waals surface area contributed by atoms with Gasteiger partial charge in [0.15, 0.2) is 0 Å². The highest BCUT2D eigenvalue weighted by atomic mass is 79.9. The van der Waals surface area contributed by atoms with Crippen LogP contribution < -0.4 is 5.32 Å². The van der Waals surface area contributed by atoms with Crippen molar-refractivity contribution in [3.05, 3.63) is 28.5 Å². The van der Waals surface area contributed by atoms with Gasteiger partial charge in [-0.15, -0.1) is 24.8 Å². The fourth-order valence-electron chi connectivity index (χ4n) is 3.28. The SMILES string of the molecule is Brc1ccc([C@H](C2CCOCC2)N2CCNCC2)nc1.Cl.Cl. The summed E-state index contributed by atoms with van der Waals surface area (Å²) >= 11 is 3.48. The van der Waals surface area contributed by atoms with E-state index in [-0.39, 0.29) is 24.8 Å². The molecule has 3 rings (SSSR count). The Bertz CT molecular complexity index is 405. The predicted molar refractivity (Wildman–Crippen MR) is 97.2 cm³/mol. The Hall–Kier alpha value is 0.0900. The maximum Gasteiger partial charge on any atom is 0.0579 e. The number of pyridine rings is 1. The van der Waals surface area contributed by atoms with Gasteiger partial charge in [0.2, 0.25) is 0 Å². The van der Waals surface area contributed by atoms with Gasteiger partial charge in [-0.3, -0.25) is 9.88 Å². The summed E-state index contributed by atoms with van der Waals surface area (Å²) in [5, 5.41) is 3.44. The molecule has 2 saturated heterocycles. The van der Waals surface area contributed by atoms with Gasteiger partial charge in [-0.2, -0.15) is 0 Å². The Labute approximate surface area is 153 Å². The molecule has 2 fully saturated rings. The third-order valence-corrected chi connectivity index (χ3v) is 4.78. The average Bonchev–Trinajstić information content (AvgIpc) is 2.52. The van der Waals surface area contributed by atoms with Gasteiger partial charge in [-0.1, -0.05) is 0 Å². The van der Waals surface area contributed by atoms with Crippen molar-refractivity contribution in [2.45, 2.75) is 18.9 Å². The Morgan fingerprint density at radius 1 is 1.18 bits per heavy atom. The first-order valence-electron chi connectivity index (χ1n) is 7.48. The second-order valence-electron chi connectivity index (χ2n) is 5.58. The average molecular weight is 413 g/mol. The van der Waals surface area contributed by atoms with Crippen LogP contribution >= 0.6 is 40.7 Å². The molecule has 1 atom stereocenters. The van der Waals surface area contributed by atoms with Gasteiger partial charge in [-0.05, 0) is 46.8 Å². The van der Waals surface area contributed by atoms with Crippen LogP contribution in [-0.2, 0) is 4.74 Å². The number of rotatable bonds is 3. The summed E-state index contributed by atoms with van der Waals surface area (Å²) in [6.07, 6.45) is 4.21. The Kier molecular flexibility index (Phi) is 9.21. The van der Waals surface area contributed by atoms with Crippen LogP contribution in [0.1, 0.15) is 24.6 Å². The molecule has 0 saturated carbocycles. The van der Waals surface area contributed by atoms with Crippen molar-refractivity contribution in [2.75, 3.05) is 39.4 Å². The molecular formula is C15H24BrCl2N3O. The molecule has 7 heteroatoms. The number of piperazine rings is 1. The molecule has 0 spiro atoms. The summed E-state index contributed by atoms with van der Waals surface area (Å²) in [6, 6.07) is 4.72. The van der Waals surface area contributed by atoms with Crippen LogP contribution in [0, 0.1) is 5.92 Å². The van der Waals surface area contributed by atoms with E-state index in [1.807, 2.05) is 6.20 Å². The van der Waals surface area contributed by atoms with Gasteiger partial charge in [0.05, 0.1) is 11.7 Å². The Balaban J connectivity index is 0.00000121. The first-order valence-corrected chi connectivity index (χ1v) is 8.28. The van der Waals surface area contributed by atoms with Crippen LogP contribution in [0.15, 0.2) is 22.8 Å². The number of hydrogen-bond donors (Lipinski definition) is 1. The normalized spacial score (nSPS) is 21.5. The van der Waals surface area contributed by atoms with Crippen molar-refractivity contribution in [3.8, 4) is 0 Å². The smallest absolute Gasteiger partial charge is 0.0579 e. The maximum absolute atomic E-state index is 5.53. The van der Waals surface area contributed by atoms with Crippen molar-refractivity contribution >= 4 is 40.7 Å². The zero-order valence-electron chi connectivity index (χ0n) is 12.5. The summed E-state index contributed by atoms with van der Waals surface area (Å²) < 4.78 is 6.58. The molecule has 1 N–H and O–H groups in total. The lowest BCUT2D eigenvalue weighted by molar-refractivity contribution is 0.0201. The minimum atomic E-state index is 0. The number of aromatic nitrogens is 1. The van der Waals surface area contributed by atoms with Gasteiger partial charge in [0.25, 0.3) is 0 Å². The largest absolute Gasteiger partial charge is 0.381 e. The molecule has 1 aromatic heterocycles. The molecule has 2 aliphatic rings. The van der Waals surface area contributed by atoms with Crippen molar-refractivity contribution in [2.24, 2.45) is 5.92 Å². The molecule has 0 bridgehead atoms. The molecule has 0 radical (unpaired) electrons. The highest BCUT2D eigenvalue weighted by Crippen LogP contribution is 2.34. The highest BCUT2D eigenvalue weighted by molar-refractivity contribution is 9.10. The number of nitrogens with one attached hydrogen (secondary N) is 1. The highest BCUT2D eigenvalue weighted by Gasteiger charge is 2.31. The first-order chi connectivity index (χ1) is 9.84. The molecule has 0 aromatic carbocycles. The minimum absolute atomic E-state index is 0. The lowest BCUT2D eigenvalue weighted by Gasteiger charge is -2.40. The van der Waals surface area contributed by atoms with Crippen LogP contribution in [0.3, 0.4) is 0 Å². The lowest BCUT2D eigenvalue weighted by Crippen LogP contribution is -2.47. The van der Waals surface area contributed by atoms with Gasteiger partial charge in [0.1, 0.15) is 0 Å². The molecule has 22 heavy (non-hydrogen) atoms. The summed E-state index contributed by atoms with van der Waals surface area (Å²) in [7, 11) is 0. The minimum Gasteiger partial charge on any atom is -0.381 e. The van der Waals surface area contributed by atoms with Crippen LogP contribution in [0.25, 0.3) is 0 Å². The quantitative estimate of drug-likeness (QED) is 0.827. The molecule has 4 nitrogen and oxygen atoms in total. The van der Waals surface area contributed by atoms with Crippen LogP contribution in [0.5, 0.6) is 0 Å². The molecule has 0 aliphatic carbocycles. The van der Waals surface area contributed by atoms with Crippen molar-refractivity contribution in [1.29, 1.82) is 0 Å². The first kappa shape index (κ1) is 20.1. The molecule has 0 unspecified atom stereocenters. The Morgan fingerprint density at radius 3 is 2.45 bits per heavy atom. The third kappa shape index (κ3) is 5.05. The van der Waals surface area contributed by atoms with E-state index in [1.165, 1.54) is 5.69 Å². The fourth-order valence-corrected chi connectivity index (χ4v) is 3.52. The van der Waals surface area contributed by atoms with E-state index < -0.39 is 0 Å². The van der Waals surface area contributed by atoms with Gasteiger partial charge >= 0.3 is 0 Å². The number of halogens is 3. The molecule has 1 aromatic rings. The van der Waals surface area contributed by atoms with E-state index in [9.17, 15) is 0 Å². The van der Waals surface area contributed by atoms with Gasteiger partial charge < -0.3 is 10.1 Å². The molecule has 3 heterocycles. The Morgan fingerprint density at radius 2 is 1.86 bits per heavy atom. The van der Waals surface area contributed by atoms with E-state index in [4.69, 9.17) is 4.74 Å². The van der Waals surface area contributed by atoms with Crippen LogP contribution in [0.2, 0.25) is 0 Å². The topological polar surface area (TPSA) is 37.4 Å². The van der Waals surface area contributed by atoms with Crippen LogP contribution in [-0.4, -0.2) is 49.3 Å². The summed E-state index contributed by atoms with van der Waals surface area (Å²) in [6.45, 7) is 6.17. The number of hydrogen-bond acceptors (Lipinski definition) is 4. The van der Waals surface area contributed by atoms with E-state index >= 15 is 0 Å². The zero-order chi connectivity index (χ0) is 13.8. The standard InChI is InChI=1S/C15H22BrN3O.2ClH/c16-13-1-2-14(18-11-13)15(12-3-9-20-10-4-12)19-7-5-17-6-8-19;;/h1-2,11-12,15,17H,3-10H2;2*1H/t15-;;/m0../s1. The lowest BCUT2D eigenvalue weighted by atomic mass is 9.88.